The van der Waals surface area contributed by atoms with Gasteiger partial charge in [-0.25, -0.2) is 8.78 Å². The van der Waals surface area contributed by atoms with Crippen molar-refractivity contribution >= 4 is 124 Å². The molecule has 10 nitrogen and oxygen atoms in total. The maximum Gasteiger partial charge on any atom is 0.261 e. The third kappa shape index (κ3) is 11.0. The third-order valence-electron chi connectivity index (χ3n) is 23.1. The van der Waals surface area contributed by atoms with Crippen molar-refractivity contribution in [2.45, 2.75) is 196 Å². The Morgan fingerprint density at radius 2 is 0.765 bits per heavy atom. The van der Waals surface area contributed by atoms with Gasteiger partial charge in [0.1, 0.15) is 11.6 Å². The van der Waals surface area contributed by atoms with Gasteiger partial charge in [-0.1, -0.05) is 205 Å². The Labute approximate surface area is 611 Å². The molecule has 0 saturated carbocycles. The highest BCUT2D eigenvalue weighted by Crippen LogP contribution is 2.57. The first-order chi connectivity index (χ1) is 49.7. The fraction of sp³-hybridized carbons (Fsp3) is 0.372. The molecule has 6 heterocycles. The van der Waals surface area contributed by atoms with E-state index in [-0.39, 0.29) is 46.5 Å². The molecule has 2 aliphatic heterocycles. The van der Waals surface area contributed by atoms with Crippen LogP contribution in [0.25, 0.3) is 141 Å². The van der Waals surface area contributed by atoms with Crippen LogP contribution >= 0.6 is 46.1 Å². The number of fused-ring (bicyclic) bond motifs is 13. The summed E-state index contributed by atoms with van der Waals surface area (Å²) in [6.45, 7) is 17.3. The van der Waals surface area contributed by atoms with E-state index in [0.717, 1.165) is 236 Å². The van der Waals surface area contributed by atoms with Crippen LogP contribution in [0.5, 0.6) is 0 Å². The molecule has 0 fully saturated rings. The highest BCUT2D eigenvalue weighted by Gasteiger charge is 2.43. The second-order valence-electron chi connectivity index (χ2n) is 29.4. The van der Waals surface area contributed by atoms with Crippen LogP contribution in [-0.4, -0.2) is 63.0 Å². The van der Waals surface area contributed by atoms with Gasteiger partial charge in [0.15, 0.2) is 0 Å². The van der Waals surface area contributed by atoms with Crippen molar-refractivity contribution in [3.05, 3.63) is 142 Å². The molecular formula is C86H88F2N6O4S4. The van der Waals surface area contributed by atoms with Gasteiger partial charge in [-0.2, -0.15) is 0 Å². The van der Waals surface area contributed by atoms with Gasteiger partial charge >= 0.3 is 0 Å². The zero-order valence-electron chi connectivity index (χ0n) is 59.6. The zero-order chi connectivity index (χ0) is 70.5. The van der Waals surface area contributed by atoms with Crippen molar-refractivity contribution in [1.82, 2.24) is 27.3 Å². The van der Waals surface area contributed by atoms with Crippen molar-refractivity contribution in [3.8, 4) is 86.3 Å². The van der Waals surface area contributed by atoms with Crippen molar-refractivity contribution in [3.63, 3.8) is 0 Å². The summed E-state index contributed by atoms with van der Waals surface area (Å²) >= 11 is 5.61. The van der Waals surface area contributed by atoms with Crippen LogP contribution in [-0.2, 0) is 12.8 Å². The van der Waals surface area contributed by atoms with Crippen molar-refractivity contribution in [2.75, 3.05) is 0 Å². The number of halogens is 2. The fourth-order valence-corrected chi connectivity index (χ4v) is 21.4. The second kappa shape index (κ2) is 27.7. The summed E-state index contributed by atoms with van der Waals surface area (Å²) in [5.41, 5.74) is 16.7. The van der Waals surface area contributed by atoms with Crippen molar-refractivity contribution in [1.29, 1.82) is 0 Å². The number of thiophene rings is 2. The number of rotatable bonds is 28. The molecule has 4 N–H and O–H groups in total. The SMILES string of the molecule is CCCCCCC(C)N1C(=O)c2cc3c(cc2C1=O)-c1ccc(-c2cc(CC(CC)CCCC)c(-c4c(F)c5c6[nH]s[nH]c6c(-c6cc(CC(CC)CCCC)c(-c7ccc8c9c(cccc79)-c7cc9c(cc7-8)C(=O)N(C(C)CCCCCC)C9=O)s6)c(F)c5c5[nH]s[nH]c45)s2)c2cccc-3c12. The van der Waals surface area contributed by atoms with Gasteiger partial charge in [-0.05, 0) is 176 Å². The number of carbonyl (C=O) groups is 4. The molecule has 4 aliphatic rings. The lowest BCUT2D eigenvalue weighted by Gasteiger charge is -2.22. The van der Waals surface area contributed by atoms with Crippen LogP contribution in [0.1, 0.15) is 224 Å². The smallest absolute Gasteiger partial charge is 0.261 e. The number of H-pyrrole nitrogens is 4. The van der Waals surface area contributed by atoms with E-state index in [1.54, 1.807) is 22.7 Å². The number of unbranched alkanes of at least 4 members (excludes halogenated alkanes) is 8. The lowest BCUT2D eigenvalue weighted by atomic mass is 9.89. The van der Waals surface area contributed by atoms with Crippen LogP contribution in [0.3, 0.4) is 0 Å². The van der Waals surface area contributed by atoms with Crippen molar-refractivity contribution in [2.24, 2.45) is 11.8 Å². The first-order valence-corrected chi connectivity index (χ1v) is 40.9. The Hall–Kier alpha value is -8.28. The first-order valence-electron chi connectivity index (χ1n) is 37.6. The Bertz CT molecular complexity index is 5350. The van der Waals surface area contributed by atoms with Gasteiger partial charge < -0.3 is 0 Å². The Kier molecular flexibility index (Phi) is 18.5. The molecular weight excluding hydrogens is 1350 g/mol. The monoisotopic (exact) mass is 1430 g/mol. The molecule has 12 aromatic rings. The van der Waals surface area contributed by atoms with Crippen LogP contribution in [0, 0.1) is 23.5 Å². The summed E-state index contributed by atoms with van der Waals surface area (Å²) in [6.07, 6.45) is 20.1. The molecule has 0 bridgehead atoms. The van der Waals surface area contributed by atoms with Crippen LogP contribution in [0.2, 0.25) is 0 Å². The Morgan fingerprint density at radius 3 is 1.24 bits per heavy atom. The van der Waals surface area contributed by atoms with Gasteiger partial charge in [0.05, 0.1) is 55.4 Å². The number of carbonyl (C=O) groups excluding carboxylic acids is 4. The molecule has 0 radical (unpaired) electrons. The number of imide groups is 2. The van der Waals surface area contributed by atoms with Crippen LogP contribution in [0.4, 0.5) is 8.78 Å². The average molecular weight is 1440 g/mol. The molecule has 4 unspecified atom stereocenters. The normalized spacial score (nSPS) is 14.8. The summed E-state index contributed by atoms with van der Waals surface area (Å²) in [4.78, 5) is 63.5. The topological polar surface area (TPSA) is 138 Å². The molecule has 4 amide bonds. The Balaban J connectivity index is 0.804. The molecule has 524 valence electrons. The largest absolute Gasteiger partial charge is 0.294 e. The minimum absolute atomic E-state index is 0.176. The van der Waals surface area contributed by atoms with E-state index in [0.29, 0.717) is 67.3 Å². The van der Waals surface area contributed by atoms with E-state index in [4.69, 9.17) is 0 Å². The van der Waals surface area contributed by atoms with Crippen molar-refractivity contribution < 1.29 is 28.0 Å². The molecule has 0 spiro atoms. The summed E-state index contributed by atoms with van der Waals surface area (Å²) in [7, 11) is 0. The quantitative estimate of drug-likeness (QED) is 0.0287. The van der Waals surface area contributed by atoms with E-state index in [1.807, 2.05) is 38.1 Å². The number of benzene rings is 8. The van der Waals surface area contributed by atoms with Crippen LogP contribution < -0.4 is 0 Å². The lowest BCUT2D eigenvalue weighted by Crippen LogP contribution is -2.37. The highest BCUT2D eigenvalue weighted by molar-refractivity contribution is 7.19. The second-order valence-corrected chi connectivity index (χ2v) is 32.8. The number of hydrogen-bond donors (Lipinski definition) is 4. The molecule has 102 heavy (non-hydrogen) atoms. The number of amides is 4. The van der Waals surface area contributed by atoms with Gasteiger partial charge in [0.25, 0.3) is 23.6 Å². The average Bonchev–Trinajstić information content (AvgIpc) is 1.49. The fourth-order valence-electron chi connectivity index (χ4n) is 17.5. The van der Waals surface area contributed by atoms with E-state index in [2.05, 4.69) is 132 Å². The van der Waals surface area contributed by atoms with Gasteiger partial charge in [0.2, 0.25) is 0 Å². The summed E-state index contributed by atoms with van der Waals surface area (Å²) < 4.78 is 52.0. The van der Waals surface area contributed by atoms with Gasteiger partial charge in [-0.15, -0.1) is 22.7 Å². The number of nitrogens with one attached hydrogen (secondary N) is 4. The van der Waals surface area contributed by atoms with Gasteiger partial charge in [-0.3, -0.25) is 46.5 Å². The minimum Gasteiger partial charge on any atom is -0.294 e. The first kappa shape index (κ1) is 68.2. The van der Waals surface area contributed by atoms with Gasteiger partial charge in [0, 0.05) is 65.8 Å². The molecule has 4 atom stereocenters. The zero-order valence-corrected chi connectivity index (χ0v) is 62.9. The van der Waals surface area contributed by atoms with E-state index >= 15 is 8.78 Å². The van der Waals surface area contributed by atoms with E-state index < -0.39 is 11.6 Å². The molecule has 16 rings (SSSR count). The lowest BCUT2D eigenvalue weighted by molar-refractivity contribution is 0.0572. The summed E-state index contributed by atoms with van der Waals surface area (Å²) in [6, 6.07) is 33.3. The molecule has 16 heteroatoms. The third-order valence-corrected chi connectivity index (χ3v) is 26.8. The molecule has 2 aliphatic carbocycles. The van der Waals surface area contributed by atoms with E-state index in [9.17, 15) is 19.2 Å². The summed E-state index contributed by atoms with van der Waals surface area (Å²) in [5, 5.41) is 4.57. The number of aromatic nitrogens is 4. The maximum atomic E-state index is 19.1. The molecule has 0 saturated heterocycles. The predicted molar refractivity (Wildman–Crippen MR) is 422 cm³/mol. The predicted octanol–water partition coefficient (Wildman–Crippen LogP) is 25.8. The Morgan fingerprint density at radius 1 is 0.373 bits per heavy atom. The minimum atomic E-state index is -0.510. The molecule has 8 aromatic carbocycles. The number of nitrogens with zero attached hydrogens (tertiary/aromatic N) is 2. The summed E-state index contributed by atoms with van der Waals surface area (Å²) in [5.74, 6) is -1.17. The van der Waals surface area contributed by atoms with Crippen LogP contribution in [0.15, 0.2) is 97.1 Å². The number of hydrogen-bond acceptors (Lipinski definition) is 8. The maximum absolute atomic E-state index is 19.1. The standard InChI is InChI=1S/C86H88F2N6O4S4/c1-9-15-19-21-25-45(7)93-83(95)63-41-59-54-31-23-29-52-51(33-34-56(69(52)54)61(59)43-65(63)85(93)97)67-39-50(38-48(14-6)28-18-12-4)82(99-67)74-76(88)73-72(79-80(74)92-102-91-79)75(87)71(77-78(73)90-101-89-77)68-40-49(37-47(13-5)27-17-11-3)81(100-68)58-36-35-57-62-44-66-64(42-60(62)55-32-24-30-53(58)70(55)57)84(96)94(86(66)98)46(8)26-22-20-16-10-2/h23-24,29-36,39-48,89-92H,9-22,25-28,37-38H2,1-8H3. The number of aromatic amines is 4. The highest BCUT2D eigenvalue weighted by atomic mass is 32.1. The van der Waals surface area contributed by atoms with E-state index in [1.165, 1.54) is 33.3 Å². The molecule has 4 aromatic heterocycles.